The molecule has 1 unspecified atom stereocenters. The van der Waals surface area contributed by atoms with Gasteiger partial charge in [-0.1, -0.05) is 25.1 Å². The van der Waals surface area contributed by atoms with Crippen LogP contribution < -0.4 is 0 Å². The van der Waals surface area contributed by atoms with Gasteiger partial charge in [0.25, 0.3) is 0 Å². The molecule has 2 rings (SSSR count). The molecule has 0 bridgehead atoms. The second-order valence-corrected chi connectivity index (χ2v) is 4.18. The minimum Gasteiger partial charge on any atom is -0.396 e. The maximum atomic E-state index is 9.07. The van der Waals surface area contributed by atoms with Crippen molar-refractivity contribution in [3.05, 3.63) is 35.2 Å². The molecule has 0 aliphatic heterocycles. The summed E-state index contributed by atoms with van der Waals surface area (Å²) < 4.78 is 1.30. The van der Waals surface area contributed by atoms with Crippen molar-refractivity contribution in [2.75, 3.05) is 6.61 Å². The van der Waals surface area contributed by atoms with Crippen LogP contribution in [0, 0.1) is 0 Å². The second kappa shape index (κ2) is 3.48. The highest BCUT2D eigenvalue weighted by atomic mass is 32.1. The number of hydrogen-bond donors (Lipinski definition) is 1. The Balaban J connectivity index is 2.57. The molecule has 0 aliphatic rings. The molecule has 13 heavy (non-hydrogen) atoms. The van der Waals surface area contributed by atoms with Crippen LogP contribution in [0.15, 0.2) is 29.6 Å². The van der Waals surface area contributed by atoms with Crippen molar-refractivity contribution in [1.82, 2.24) is 0 Å². The maximum absolute atomic E-state index is 9.07. The van der Waals surface area contributed by atoms with Gasteiger partial charge in [0.15, 0.2) is 0 Å². The molecule has 0 fully saturated rings. The Morgan fingerprint density at radius 3 is 2.92 bits per heavy atom. The number of hydrogen-bond acceptors (Lipinski definition) is 2. The standard InChI is InChI=1S/C11H12OS/c1-8(6-12)10-7-13-11-5-3-2-4-9(10)11/h2-5,7-8,12H,6H2,1H3. The zero-order chi connectivity index (χ0) is 9.26. The van der Waals surface area contributed by atoms with Crippen LogP contribution in [0.5, 0.6) is 0 Å². The molecule has 0 spiro atoms. The first-order valence-corrected chi connectivity index (χ1v) is 5.28. The summed E-state index contributed by atoms with van der Waals surface area (Å²) in [6.45, 7) is 2.27. The lowest BCUT2D eigenvalue weighted by atomic mass is 10.0. The zero-order valence-electron chi connectivity index (χ0n) is 7.53. The van der Waals surface area contributed by atoms with Crippen molar-refractivity contribution in [3.8, 4) is 0 Å². The van der Waals surface area contributed by atoms with Crippen LogP contribution in [0.4, 0.5) is 0 Å². The molecule has 68 valence electrons. The molecule has 0 radical (unpaired) electrons. The van der Waals surface area contributed by atoms with E-state index in [0.29, 0.717) is 0 Å². The van der Waals surface area contributed by atoms with Crippen LogP contribution in [0.2, 0.25) is 0 Å². The van der Waals surface area contributed by atoms with E-state index in [1.54, 1.807) is 11.3 Å². The zero-order valence-corrected chi connectivity index (χ0v) is 8.34. The van der Waals surface area contributed by atoms with Gasteiger partial charge in [0, 0.05) is 17.2 Å². The van der Waals surface area contributed by atoms with Crippen molar-refractivity contribution in [1.29, 1.82) is 0 Å². The van der Waals surface area contributed by atoms with E-state index in [2.05, 4.69) is 24.4 Å². The van der Waals surface area contributed by atoms with Crippen molar-refractivity contribution in [2.24, 2.45) is 0 Å². The Hall–Kier alpha value is -0.860. The molecule has 0 saturated carbocycles. The number of aliphatic hydroxyl groups is 1. The summed E-state index contributed by atoms with van der Waals surface area (Å²) in [4.78, 5) is 0. The van der Waals surface area contributed by atoms with Gasteiger partial charge in [-0.25, -0.2) is 0 Å². The van der Waals surface area contributed by atoms with E-state index < -0.39 is 0 Å². The van der Waals surface area contributed by atoms with Gasteiger partial charge in [0.1, 0.15) is 0 Å². The average molecular weight is 192 g/mol. The fourth-order valence-corrected chi connectivity index (χ4v) is 2.56. The highest BCUT2D eigenvalue weighted by Crippen LogP contribution is 2.30. The third-order valence-electron chi connectivity index (χ3n) is 2.32. The van der Waals surface area contributed by atoms with Gasteiger partial charge >= 0.3 is 0 Å². The molecular formula is C11H12OS. The molecular weight excluding hydrogens is 180 g/mol. The van der Waals surface area contributed by atoms with Gasteiger partial charge in [0.2, 0.25) is 0 Å². The third-order valence-corrected chi connectivity index (χ3v) is 3.30. The summed E-state index contributed by atoms with van der Waals surface area (Å²) in [7, 11) is 0. The number of thiophene rings is 1. The van der Waals surface area contributed by atoms with Gasteiger partial charge < -0.3 is 5.11 Å². The van der Waals surface area contributed by atoms with Crippen molar-refractivity contribution in [2.45, 2.75) is 12.8 Å². The summed E-state index contributed by atoms with van der Waals surface area (Å²) in [6, 6.07) is 8.33. The van der Waals surface area contributed by atoms with E-state index in [-0.39, 0.29) is 12.5 Å². The summed E-state index contributed by atoms with van der Waals surface area (Å²) in [6.07, 6.45) is 0. The van der Waals surface area contributed by atoms with Gasteiger partial charge in [-0.15, -0.1) is 11.3 Å². The molecule has 2 aromatic rings. The molecule has 0 aliphatic carbocycles. The molecule has 1 aromatic carbocycles. The van der Waals surface area contributed by atoms with E-state index >= 15 is 0 Å². The summed E-state index contributed by atoms with van der Waals surface area (Å²) in [5.74, 6) is 0.246. The molecule has 0 amide bonds. The smallest absolute Gasteiger partial charge is 0.0497 e. The Morgan fingerprint density at radius 1 is 1.38 bits per heavy atom. The highest BCUT2D eigenvalue weighted by molar-refractivity contribution is 7.17. The monoisotopic (exact) mass is 192 g/mol. The molecule has 0 saturated heterocycles. The first-order chi connectivity index (χ1) is 6.33. The van der Waals surface area contributed by atoms with Crippen molar-refractivity contribution < 1.29 is 5.11 Å². The van der Waals surface area contributed by atoms with E-state index in [0.717, 1.165) is 0 Å². The fourth-order valence-electron chi connectivity index (χ4n) is 1.48. The largest absolute Gasteiger partial charge is 0.396 e. The maximum Gasteiger partial charge on any atom is 0.0497 e. The lowest BCUT2D eigenvalue weighted by molar-refractivity contribution is 0.274. The lowest BCUT2D eigenvalue weighted by Crippen LogP contribution is -1.96. The quantitative estimate of drug-likeness (QED) is 0.775. The summed E-state index contributed by atoms with van der Waals surface area (Å²) in [5.41, 5.74) is 1.27. The predicted molar refractivity (Wildman–Crippen MR) is 57.3 cm³/mol. The van der Waals surface area contributed by atoms with Gasteiger partial charge in [-0.05, 0) is 22.4 Å². The summed E-state index contributed by atoms with van der Waals surface area (Å²) >= 11 is 1.75. The molecule has 1 N–H and O–H groups in total. The van der Waals surface area contributed by atoms with Crippen molar-refractivity contribution in [3.63, 3.8) is 0 Å². The van der Waals surface area contributed by atoms with Crippen LogP contribution in [0.1, 0.15) is 18.4 Å². The minimum atomic E-state index is 0.223. The number of aliphatic hydroxyl groups excluding tert-OH is 1. The van der Waals surface area contributed by atoms with E-state index in [1.165, 1.54) is 15.6 Å². The first kappa shape index (κ1) is 8.73. The van der Waals surface area contributed by atoms with Crippen LogP contribution in [0.25, 0.3) is 10.1 Å². The molecule has 1 atom stereocenters. The molecule has 1 nitrogen and oxygen atoms in total. The Morgan fingerprint density at radius 2 is 2.15 bits per heavy atom. The van der Waals surface area contributed by atoms with Crippen LogP contribution >= 0.6 is 11.3 Å². The molecule has 2 heteroatoms. The highest BCUT2D eigenvalue weighted by Gasteiger charge is 2.09. The van der Waals surface area contributed by atoms with Gasteiger partial charge in [-0.2, -0.15) is 0 Å². The van der Waals surface area contributed by atoms with Crippen molar-refractivity contribution >= 4 is 21.4 Å². The SMILES string of the molecule is CC(CO)c1csc2ccccc12. The minimum absolute atomic E-state index is 0.223. The van der Waals surface area contributed by atoms with Gasteiger partial charge in [0.05, 0.1) is 0 Å². The van der Waals surface area contributed by atoms with E-state index in [4.69, 9.17) is 5.11 Å². The van der Waals surface area contributed by atoms with E-state index in [1.807, 2.05) is 12.1 Å². The van der Waals surface area contributed by atoms with Crippen LogP contribution in [-0.2, 0) is 0 Å². The van der Waals surface area contributed by atoms with Crippen LogP contribution in [-0.4, -0.2) is 11.7 Å². The second-order valence-electron chi connectivity index (χ2n) is 3.27. The van der Waals surface area contributed by atoms with Gasteiger partial charge in [-0.3, -0.25) is 0 Å². The Labute approximate surface area is 81.6 Å². The Kier molecular flexibility index (Phi) is 2.34. The topological polar surface area (TPSA) is 20.2 Å². The van der Waals surface area contributed by atoms with Crippen LogP contribution in [0.3, 0.4) is 0 Å². The average Bonchev–Trinajstić information content (AvgIpc) is 2.60. The summed E-state index contributed by atoms with van der Waals surface area (Å²) in [5, 5.41) is 12.5. The normalized spacial score (nSPS) is 13.4. The predicted octanol–water partition coefficient (Wildman–Crippen LogP) is 3.00. The number of fused-ring (bicyclic) bond motifs is 1. The lowest BCUT2D eigenvalue weighted by Gasteiger charge is -2.05. The number of rotatable bonds is 2. The fraction of sp³-hybridized carbons (Fsp3) is 0.273. The Bertz CT molecular complexity index is 405. The third kappa shape index (κ3) is 1.47. The first-order valence-electron chi connectivity index (χ1n) is 4.40. The number of benzene rings is 1. The molecule has 1 heterocycles. The van der Waals surface area contributed by atoms with E-state index in [9.17, 15) is 0 Å². The molecule has 1 aromatic heterocycles.